The summed E-state index contributed by atoms with van der Waals surface area (Å²) in [5.41, 5.74) is 3.96. The number of benzene rings is 4. The molecule has 0 bridgehead atoms. The first kappa shape index (κ1) is 31.7. The van der Waals surface area contributed by atoms with E-state index in [4.69, 9.17) is 0 Å². The van der Waals surface area contributed by atoms with Gasteiger partial charge in [0.1, 0.15) is 0 Å². The average Bonchev–Trinajstić information content (AvgIpc) is 3.05. The SMILES string of the molecule is CCN(C(=O)c1ccc(NC(=O)CCCCC(=O)Nc2ccc(C(=O)N(CC)c3ccccc3)cc2)cc1)c1ccccc1. The molecule has 0 aliphatic heterocycles. The van der Waals surface area contributed by atoms with Crippen LogP contribution >= 0.6 is 0 Å². The number of nitrogens with zero attached hydrogens (tertiary/aromatic N) is 2. The van der Waals surface area contributed by atoms with Crippen LogP contribution in [-0.4, -0.2) is 36.7 Å². The van der Waals surface area contributed by atoms with E-state index in [0.717, 1.165) is 11.4 Å². The number of anilines is 4. The number of carbonyl (C=O) groups is 4. The summed E-state index contributed by atoms with van der Waals surface area (Å²) in [6, 6.07) is 32.7. The summed E-state index contributed by atoms with van der Waals surface area (Å²) in [7, 11) is 0. The van der Waals surface area contributed by atoms with Crippen LogP contribution in [-0.2, 0) is 9.59 Å². The van der Waals surface area contributed by atoms with Crippen LogP contribution in [0, 0.1) is 0 Å². The maximum absolute atomic E-state index is 13.0. The zero-order valence-electron chi connectivity index (χ0n) is 25.2. The van der Waals surface area contributed by atoms with E-state index < -0.39 is 0 Å². The van der Waals surface area contributed by atoms with Gasteiger partial charge in [-0.25, -0.2) is 0 Å². The van der Waals surface area contributed by atoms with E-state index in [-0.39, 0.29) is 36.5 Å². The Morgan fingerprint density at radius 3 is 1.16 bits per heavy atom. The lowest BCUT2D eigenvalue weighted by molar-refractivity contribution is -0.118. The molecule has 226 valence electrons. The Morgan fingerprint density at radius 1 is 0.500 bits per heavy atom. The summed E-state index contributed by atoms with van der Waals surface area (Å²) < 4.78 is 0. The Hall–Kier alpha value is -5.24. The Balaban J connectivity index is 1.18. The number of para-hydroxylation sites is 2. The second-order valence-electron chi connectivity index (χ2n) is 10.2. The molecule has 4 amide bonds. The average molecular weight is 591 g/mol. The smallest absolute Gasteiger partial charge is 0.258 e. The number of amides is 4. The maximum Gasteiger partial charge on any atom is 0.258 e. The van der Waals surface area contributed by atoms with Crippen molar-refractivity contribution in [3.8, 4) is 0 Å². The van der Waals surface area contributed by atoms with Crippen LogP contribution in [0.4, 0.5) is 22.7 Å². The summed E-state index contributed by atoms with van der Waals surface area (Å²) in [4.78, 5) is 54.2. The van der Waals surface area contributed by atoms with E-state index in [2.05, 4.69) is 10.6 Å². The normalized spacial score (nSPS) is 10.5. The highest BCUT2D eigenvalue weighted by atomic mass is 16.2. The third-order valence-electron chi connectivity index (χ3n) is 7.15. The van der Waals surface area contributed by atoms with Gasteiger partial charge < -0.3 is 20.4 Å². The molecule has 0 unspecified atom stereocenters. The zero-order valence-corrected chi connectivity index (χ0v) is 25.2. The largest absolute Gasteiger partial charge is 0.326 e. The fourth-order valence-corrected chi connectivity index (χ4v) is 4.82. The molecule has 0 aliphatic carbocycles. The highest BCUT2D eigenvalue weighted by Gasteiger charge is 2.17. The number of unbranched alkanes of at least 4 members (excludes halogenated alkanes) is 1. The van der Waals surface area contributed by atoms with Crippen LogP contribution < -0.4 is 20.4 Å². The van der Waals surface area contributed by atoms with Crippen molar-refractivity contribution >= 4 is 46.4 Å². The monoisotopic (exact) mass is 590 g/mol. The van der Waals surface area contributed by atoms with Crippen LogP contribution in [0.2, 0.25) is 0 Å². The minimum atomic E-state index is -0.152. The number of carbonyl (C=O) groups excluding carboxylic acids is 4. The van der Waals surface area contributed by atoms with Crippen molar-refractivity contribution in [3.05, 3.63) is 120 Å². The summed E-state index contributed by atoms with van der Waals surface area (Å²) in [5.74, 6) is -0.516. The van der Waals surface area contributed by atoms with Crippen molar-refractivity contribution < 1.29 is 19.2 Å². The van der Waals surface area contributed by atoms with Crippen molar-refractivity contribution in [3.63, 3.8) is 0 Å². The Kier molecular flexibility index (Phi) is 11.4. The van der Waals surface area contributed by atoms with E-state index >= 15 is 0 Å². The van der Waals surface area contributed by atoms with Crippen molar-refractivity contribution in [1.29, 1.82) is 0 Å². The standard InChI is InChI=1S/C36H38N4O4/c1-3-39(31-13-7-5-8-14-31)35(43)27-19-23-29(24-20-27)37-33(41)17-11-12-18-34(42)38-30-25-21-28(22-26-30)36(44)40(4-2)32-15-9-6-10-16-32/h5-10,13-16,19-26H,3-4,11-12,17-18H2,1-2H3,(H,37,41)(H,38,42). The number of hydrogen-bond acceptors (Lipinski definition) is 4. The molecule has 4 rings (SSSR count). The third-order valence-corrected chi connectivity index (χ3v) is 7.15. The number of hydrogen-bond donors (Lipinski definition) is 2. The molecule has 0 radical (unpaired) electrons. The Labute approximate surface area is 258 Å². The minimum absolute atomic E-state index is 0.106. The fourth-order valence-electron chi connectivity index (χ4n) is 4.82. The van der Waals surface area contributed by atoms with Gasteiger partial charge >= 0.3 is 0 Å². The predicted molar refractivity (Wildman–Crippen MR) is 176 cm³/mol. The number of nitrogens with one attached hydrogen (secondary N) is 2. The topological polar surface area (TPSA) is 98.8 Å². The lowest BCUT2D eigenvalue weighted by Gasteiger charge is -2.21. The van der Waals surface area contributed by atoms with Crippen LogP contribution in [0.25, 0.3) is 0 Å². The Morgan fingerprint density at radius 2 is 0.841 bits per heavy atom. The molecule has 4 aromatic rings. The van der Waals surface area contributed by atoms with Crippen molar-refractivity contribution in [1.82, 2.24) is 0 Å². The molecule has 0 aromatic heterocycles. The maximum atomic E-state index is 13.0. The summed E-state index contributed by atoms with van der Waals surface area (Å²) >= 11 is 0. The molecule has 0 aliphatic rings. The van der Waals surface area contributed by atoms with Gasteiger partial charge in [-0.1, -0.05) is 36.4 Å². The van der Waals surface area contributed by atoms with Gasteiger partial charge in [-0.3, -0.25) is 19.2 Å². The molecular weight excluding hydrogens is 552 g/mol. The first-order valence-electron chi connectivity index (χ1n) is 14.9. The van der Waals surface area contributed by atoms with Gasteiger partial charge in [-0.2, -0.15) is 0 Å². The van der Waals surface area contributed by atoms with Gasteiger partial charge in [0, 0.05) is 59.8 Å². The van der Waals surface area contributed by atoms with Crippen LogP contribution in [0.3, 0.4) is 0 Å². The summed E-state index contributed by atoms with van der Waals surface area (Å²) in [6.07, 6.45) is 1.66. The second kappa shape index (κ2) is 15.8. The Bertz CT molecular complexity index is 1420. The van der Waals surface area contributed by atoms with E-state index in [1.807, 2.05) is 74.5 Å². The molecule has 8 heteroatoms. The molecule has 2 N–H and O–H groups in total. The van der Waals surface area contributed by atoms with Gasteiger partial charge in [-0.15, -0.1) is 0 Å². The zero-order chi connectivity index (χ0) is 31.3. The number of rotatable bonds is 13. The molecule has 0 spiro atoms. The molecule has 44 heavy (non-hydrogen) atoms. The van der Waals surface area contributed by atoms with Crippen molar-refractivity contribution in [2.24, 2.45) is 0 Å². The lowest BCUT2D eigenvalue weighted by atomic mass is 10.1. The minimum Gasteiger partial charge on any atom is -0.326 e. The van der Waals surface area contributed by atoms with E-state index in [0.29, 0.717) is 48.4 Å². The molecule has 0 atom stereocenters. The van der Waals surface area contributed by atoms with Crippen LogP contribution in [0.15, 0.2) is 109 Å². The van der Waals surface area contributed by atoms with E-state index in [1.54, 1.807) is 58.3 Å². The molecule has 4 aromatic carbocycles. The van der Waals surface area contributed by atoms with Gasteiger partial charge in [0.15, 0.2) is 0 Å². The predicted octanol–water partition coefficient (Wildman–Crippen LogP) is 7.16. The molecular formula is C36H38N4O4. The molecule has 8 nitrogen and oxygen atoms in total. The second-order valence-corrected chi connectivity index (χ2v) is 10.2. The molecule has 0 saturated heterocycles. The van der Waals surface area contributed by atoms with E-state index in [1.165, 1.54) is 0 Å². The van der Waals surface area contributed by atoms with Crippen molar-refractivity contribution in [2.45, 2.75) is 39.5 Å². The first-order valence-corrected chi connectivity index (χ1v) is 14.9. The van der Waals surface area contributed by atoms with Gasteiger partial charge in [0.25, 0.3) is 11.8 Å². The highest BCUT2D eigenvalue weighted by molar-refractivity contribution is 6.07. The quantitative estimate of drug-likeness (QED) is 0.162. The van der Waals surface area contributed by atoms with Crippen molar-refractivity contribution in [2.75, 3.05) is 33.5 Å². The van der Waals surface area contributed by atoms with Gasteiger partial charge in [-0.05, 0) is 99.5 Å². The van der Waals surface area contributed by atoms with Crippen LogP contribution in [0.5, 0.6) is 0 Å². The highest BCUT2D eigenvalue weighted by Crippen LogP contribution is 2.20. The summed E-state index contributed by atoms with van der Waals surface area (Å²) in [5, 5.41) is 5.70. The third kappa shape index (κ3) is 8.64. The fraction of sp³-hybridized carbons (Fsp3) is 0.222. The lowest BCUT2D eigenvalue weighted by Crippen LogP contribution is -2.30. The van der Waals surface area contributed by atoms with Crippen LogP contribution in [0.1, 0.15) is 60.2 Å². The first-order chi connectivity index (χ1) is 21.4. The molecule has 0 fully saturated rings. The molecule has 0 saturated carbocycles. The van der Waals surface area contributed by atoms with E-state index in [9.17, 15) is 19.2 Å². The molecule has 0 heterocycles. The van der Waals surface area contributed by atoms with Gasteiger partial charge in [0.05, 0.1) is 0 Å². The van der Waals surface area contributed by atoms with Gasteiger partial charge in [0.2, 0.25) is 11.8 Å². The summed E-state index contributed by atoms with van der Waals surface area (Å²) in [6.45, 7) is 4.94.